The highest BCUT2D eigenvalue weighted by molar-refractivity contribution is 6.31. The third-order valence-corrected chi connectivity index (χ3v) is 3.43. The first-order valence-corrected chi connectivity index (χ1v) is 7.15. The van der Waals surface area contributed by atoms with E-state index in [0.29, 0.717) is 11.4 Å². The van der Waals surface area contributed by atoms with Crippen LogP contribution in [-0.2, 0) is 6.42 Å². The predicted octanol–water partition coefficient (Wildman–Crippen LogP) is 4.30. The predicted molar refractivity (Wildman–Crippen MR) is 80.3 cm³/mol. The second-order valence-corrected chi connectivity index (χ2v) is 5.62. The number of benzene rings is 1. The summed E-state index contributed by atoms with van der Waals surface area (Å²) in [5.41, 5.74) is 1.55. The highest BCUT2D eigenvalue weighted by atomic mass is 35.5. The van der Waals surface area contributed by atoms with Crippen LogP contribution in [0.2, 0.25) is 5.02 Å². The second kappa shape index (κ2) is 6.96. The van der Waals surface area contributed by atoms with E-state index in [1.54, 1.807) is 12.1 Å². The van der Waals surface area contributed by atoms with E-state index in [1.807, 2.05) is 13.8 Å². The number of halogens is 3. The molecule has 1 aromatic carbocycles. The molecule has 21 heavy (non-hydrogen) atoms. The fourth-order valence-electron chi connectivity index (χ4n) is 2.15. The first-order valence-electron chi connectivity index (χ1n) is 6.77. The molecule has 0 aliphatic rings. The van der Waals surface area contributed by atoms with Crippen molar-refractivity contribution < 1.29 is 8.78 Å². The zero-order valence-electron chi connectivity index (χ0n) is 11.9. The average Bonchev–Trinajstić information content (AvgIpc) is 2.41. The molecular weight excluding hydrogens is 294 g/mol. The molecule has 0 aliphatic heterocycles. The van der Waals surface area contributed by atoms with Gasteiger partial charge in [0, 0.05) is 11.1 Å². The number of hydrogen-bond donors (Lipinski definition) is 1. The smallest absolute Gasteiger partial charge is 0.141 e. The summed E-state index contributed by atoms with van der Waals surface area (Å²) in [6.07, 6.45) is 1.74. The van der Waals surface area contributed by atoms with Crippen molar-refractivity contribution in [3.63, 3.8) is 0 Å². The highest BCUT2D eigenvalue weighted by Crippen LogP contribution is 2.24. The Balaban J connectivity index is 2.25. The standard InChI is InChI=1S/C16H17ClF2N2/c1-10(2)21-16(15-6-5-13(19)9-20-15)7-11-3-4-12(18)8-14(11)17/h3-6,8-10,16,21H,7H2,1-2H3. The van der Waals surface area contributed by atoms with E-state index in [0.717, 1.165) is 11.3 Å². The molecule has 1 unspecified atom stereocenters. The van der Waals surface area contributed by atoms with Crippen molar-refractivity contribution >= 4 is 11.6 Å². The van der Waals surface area contributed by atoms with Gasteiger partial charge in [0.1, 0.15) is 11.6 Å². The van der Waals surface area contributed by atoms with Gasteiger partial charge < -0.3 is 5.32 Å². The summed E-state index contributed by atoms with van der Waals surface area (Å²) in [5, 5.41) is 3.75. The molecule has 5 heteroatoms. The summed E-state index contributed by atoms with van der Waals surface area (Å²) in [6.45, 7) is 4.03. The van der Waals surface area contributed by atoms with E-state index in [1.165, 1.54) is 24.4 Å². The Morgan fingerprint density at radius 3 is 2.43 bits per heavy atom. The second-order valence-electron chi connectivity index (χ2n) is 5.22. The number of rotatable bonds is 5. The van der Waals surface area contributed by atoms with Gasteiger partial charge in [0.15, 0.2) is 0 Å². The molecule has 2 nitrogen and oxygen atoms in total. The maximum absolute atomic E-state index is 13.1. The van der Waals surface area contributed by atoms with Crippen LogP contribution in [0.3, 0.4) is 0 Å². The van der Waals surface area contributed by atoms with Gasteiger partial charge in [0.2, 0.25) is 0 Å². The SMILES string of the molecule is CC(C)NC(Cc1ccc(F)cc1Cl)c1ccc(F)cn1. The summed E-state index contributed by atoms with van der Waals surface area (Å²) >= 11 is 6.07. The van der Waals surface area contributed by atoms with Gasteiger partial charge in [-0.25, -0.2) is 8.78 Å². The molecule has 2 rings (SSSR count). The Morgan fingerprint density at radius 1 is 1.14 bits per heavy atom. The van der Waals surface area contributed by atoms with Crippen molar-refractivity contribution in [3.05, 3.63) is 64.4 Å². The summed E-state index contributed by atoms with van der Waals surface area (Å²) in [5.74, 6) is -0.737. The zero-order chi connectivity index (χ0) is 15.4. The first-order chi connectivity index (χ1) is 9.95. The molecule has 1 N–H and O–H groups in total. The zero-order valence-corrected chi connectivity index (χ0v) is 12.7. The van der Waals surface area contributed by atoms with E-state index in [9.17, 15) is 8.78 Å². The monoisotopic (exact) mass is 310 g/mol. The van der Waals surface area contributed by atoms with Crippen LogP contribution < -0.4 is 5.32 Å². The average molecular weight is 311 g/mol. The molecule has 0 bridgehead atoms. The van der Waals surface area contributed by atoms with E-state index in [2.05, 4.69) is 10.3 Å². The quantitative estimate of drug-likeness (QED) is 0.891. The van der Waals surface area contributed by atoms with Crippen molar-refractivity contribution in [2.75, 3.05) is 0 Å². The van der Waals surface area contributed by atoms with Crippen molar-refractivity contribution in [2.24, 2.45) is 0 Å². The Kier molecular flexibility index (Phi) is 5.26. The molecule has 1 atom stereocenters. The van der Waals surface area contributed by atoms with Crippen molar-refractivity contribution in [3.8, 4) is 0 Å². The summed E-state index contributed by atoms with van der Waals surface area (Å²) in [7, 11) is 0. The maximum Gasteiger partial charge on any atom is 0.141 e. The number of hydrogen-bond acceptors (Lipinski definition) is 2. The molecule has 1 aromatic heterocycles. The summed E-state index contributed by atoms with van der Waals surface area (Å²) < 4.78 is 26.1. The molecule has 2 aromatic rings. The fraction of sp³-hybridized carbons (Fsp3) is 0.312. The minimum Gasteiger partial charge on any atom is -0.306 e. The van der Waals surface area contributed by atoms with Crippen LogP contribution in [0.25, 0.3) is 0 Å². The molecule has 0 fully saturated rings. The van der Waals surface area contributed by atoms with E-state index in [4.69, 9.17) is 11.6 Å². The minimum absolute atomic E-state index is 0.117. The third-order valence-electron chi connectivity index (χ3n) is 3.08. The van der Waals surface area contributed by atoms with Gasteiger partial charge in [0.05, 0.1) is 17.9 Å². The van der Waals surface area contributed by atoms with Gasteiger partial charge in [-0.3, -0.25) is 4.98 Å². The molecule has 0 spiro atoms. The van der Waals surface area contributed by atoms with Crippen molar-refractivity contribution in [2.45, 2.75) is 32.4 Å². The Morgan fingerprint density at radius 2 is 1.86 bits per heavy atom. The topological polar surface area (TPSA) is 24.9 Å². The van der Waals surface area contributed by atoms with Gasteiger partial charge >= 0.3 is 0 Å². The largest absolute Gasteiger partial charge is 0.306 e. The van der Waals surface area contributed by atoms with Crippen molar-refractivity contribution in [1.29, 1.82) is 0 Å². The lowest BCUT2D eigenvalue weighted by Gasteiger charge is -2.21. The molecule has 0 aliphatic carbocycles. The highest BCUT2D eigenvalue weighted by Gasteiger charge is 2.16. The molecular formula is C16H17ClF2N2. The van der Waals surface area contributed by atoms with Crippen LogP contribution in [0.4, 0.5) is 8.78 Å². The van der Waals surface area contributed by atoms with E-state index in [-0.39, 0.29) is 23.7 Å². The summed E-state index contributed by atoms with van der Waals surface area (Å²) in [4.78, 5) is 4.12. The molecule has 0 saturated heterocycles. The normalized spacial score (nSPS) is 12.7. The number of pyridine rings is 1. The summed E-state index contributed by atoms with van der Waals surface area (Å²) in [6, 6.07) is 7.47. The lowest BCUT2D eigenvalue weighted by atomic mass is 10.0. The van der Waals surface area contributed by atoms with Crippen LogP contribution in [0.15, 0.2) is 36.5 Å². The number of aromatic nitrogens is 1. The van der Waals surface area contributed by atoms with Gasteiger partial charge in [0.25, 0.3) is 0 Å². The Hall–Kier alpha value is -1.52. The number of nitrogens with one attached hydrogen (secondary N) is 1. The molecule has 0 radical (unpaired) electrons. The van der Waals surface area contributed by atoms with Gasteiger partial charge in [-0.15, -0.1) is 0 Å². The molecule has 112 valence electrons. The van der Waals surface area contributed by atoms with Crippen LogP contribution in [0.1, 0.15) is 31.1 Å². The maximum atomic E-state index is 13.1. The third kappa shape index (κ3) is 4.48. The Labute approximate surface area is 128 Å². The van der Waals surface area contributed by atoms with Gasteiger partial charge in [-0.1, -0.05) is 31.5 Å². The van der Waals surface area contributed by atoms with Crippen LogP contribution in [-0.4, -0.2) is 11.0 Å². The lowest BCUT2D eigenvalue weighted by molar-refractivity contribution is 0.464. The van der Waals surface area contributed by atoms with Gasteiger partial charge in [-0.2, -0.15) is 0 Å². The molecule has 0 amide bonds. The number of nitrogens with zero attached hydrogens (tertiary/aromatic N) is 1. The molecule has 0 saturated carbocycles. The van der Waals surface area contributed by atoms with Crippen LogP contribution in [0, 0.1) is 11.6 Å². The minimum atomic E-state index is -0.373. The van der Waals surface area contributed by atoms with E-state index < -0.39 is 0 Å². The molecule has 1 heterocycles. The Bertz CT molecular complexity index is 600. The van der Waals surface area contributed by atoms with Crippen LogP contribution >= 0.6 is 11.6 Å². The van der Waals surface area contributed by atoms with E-state index >= 15 is 0 Å². The van der Waals surface area contributed by atoms with Gasteiger partial charge in [-0.05, 0) is 36.2 Å². The lowest BCUT2D eigenvalue weighted by Crippen LogP contribution is -2.30. The van der Waals surface area contributed by atoms with Crippen molar-refractivity contribution in [1.82, 2.24) is 10.3 Å². The fourth-order valence-corrected chi connectivity index (χ4v) is 2.40. The first kappa shape index (κ1) is 15.9. The van der Waals surface area contributed by atoms with Crippen LogP contribution in [0.5, 0.6) is 0 Å².